The lowest BCUT2D eigenvalue weighted by Crippen LogP contribution is -2.41. The van der Waals surface area contributed by atoms with E-state index in [4.69, 9.17) is 0 Å². The van der Waals surface area contributed by atoms with Crippen LogP contribution in [0.1, 0.15) is 36.9 Å². The summed E-state index contributed by atoms with van der Waals surface area (Å²) in [5, 5.41) is 3.07. The lowest BCUT2D eigenvalue weighted by molar-refractivity contribution is -0.126. The lowest BCUT2D eigenvalue weighted by atomic mass is 9.94. The van der Waals surface area contributed by atoms with Crippen LogP contribution >= 0.6 is 0 Å². The number of carbonyl (C=O) groups excluding carboxylic acids is 1. The van der Waals surface area contributed by atoms with Crippen molar-refractivity contribution in [1.82, 2.24) is 5.32 Å². The van der Waals surface area contributed by atoms with Crippen LogP contribution in [0.3, 0.4) is 0 Å². The molecule has 0 saturated carbocycles. The molecule has 0 radical (unpaired) electrons. The highest BCUT2D eigenvalue weighted by atomic mass is 19.1. The van der Waals surface area contributed by atoms with Crippen molar-refractivity contribution < 1.29 is 9.18 Å². The molecule has 2 aromatic rings. The van der Waals surface area contributed by atoms with Crippen LogP contribution in [0.25, 0.3) is 0 Å². The van der Waals surface area contributed by atoms with E-state index < -0.39 is 0 Å². The summed E-state index contributed by atoms with van der Waals surface area (Å²) >= 11 is 0. The van der Waals surface area contributed by atoms with Crippen LogP contribution in [0.2, 0.25) is 0 Å². The van der Waals surface area contributed by atoms with Gasteiger partial charge in [-0.15, -0.1) is 0 Å². The van der Waals surface area contributed by atoms with Crippen LogP contribution in [0.5, 0.6) is 0 Å². The molecule has 1 atom stereocenters. The highest BCUT2D eigenvalue weighted by molar-refractivity contribution is 5.79. The van der Waals surface area contributed by atoms with Crippen LogP contribution in [0, 0.1) is 18.7 Å². The van der Waals surface area contributed by atoms with Gasteiger partial charge in [-0.1, -0.05) is 29.8 Å². The third-order valence-electron chi connectivity index (χ3n) is 4.99. The maximum atomic E-state index is 13.0. The van der Waals surface area contributed by atoms with Gasteiger partial charge in [-0.2, -0.15) is 0 Å². The molecule has 1 amide bonds. The second-order valence-electron chi connectivity index (χ2n) is 6.88. The standard InChI is InChI=1S/C21H25FN2O/c1-15-3-9-20(10-4-15)24-13-11-18(12-14-24)21(25)23-16(2)17-5-7-19(22)8-6-17/h3-10,16,18H,11-14H2,1-2H3,(H,23,25)/t16-/m1/s1. The Morgan fingerprint density at radius 3 is 2.28 bits per heavy atom. The van der Waals surface area contributed by atoms with Crippen LogP contribution < -0.4 is 10.2 Å². The first kappa shape index (κ1) is 17.5. The summed E-state index contributed by atoms with van der Waals surface area (Å²) in [5.74, 6) is -0.115. The van der Waals surface area contributed by atoms with E-state index in [1.165, 1.54) is 23.4 Å². The molecule has 0 bridgehead atoms. The number of rotatable bonds is 4. The van der Waals surface area contributed by atoms with Crippen molar-refractivity contribution in [3.63, 3.8) is 0 Å². The van der Waals surface area contributed by atoms with Gasteiger partial charge in [-0.3, -0.25) is 4.79 Å². The van der Waals surface area contributed by atoms with Crippen LogP contribution in [-0.2, 0) is 4.79 Å². The Morgan fingerprint density at radius 1 is 1.08 bits per heavy atom. The van der Waals surface area contributed by atoms with Crippen LogP contribution in [0.15, 0.2) is 48.5 Å². The molecular formula is C21H25FN2O. The number of benzene rings is 2. The number of hydrogen-bond donors (Lipinski definition) is 1. The zero-order valence-electron chi connectivity index (χ0n) is 14.8. The van der Waals surface area contributed by atoms with E-state index in [0.29, 0.717) is 0 Å². The molecule has 1 N–H and O–H groups in total. The van der Waals surface area contributed by atoms with E-state index in [2.05, 4.69) is 41.4 Å². The second kappa shape index (κ2) is 7.68. The highest BCUT2D eigenvalue weighted by Gasteiger charge is 2.26. The van der Waals surface area contributed by atoms with Crippen LogP contribution in [0.4, 0.5) is 10.1 Å². The average Bonchev–Trinajstić information content (AvgIpc) is 2.63. The molecule has 3 rings (SSSR count). The molecule has 1 saturated heterocycles. The number of nitrogens with one attached hydrogen (secondary N) is 1. The van der Waals surface area contributed by atoms with E-state index >= 15 is 0 Å². The summed E-state index contributed by atoms with van der Waals surface area (Å²) < 4.78 is 13.0. The third kappa shape index (κ3) is 4.38. The SMILES string of the molecule is Cc1ccc(N2CCC(C(=O)N[C@H](C)c3ccc(F)cc3)CC2)cc1. The summed E-state index contributed by atoms with van der Waals surface area (Å²) in [4.78, 5) is 14.9. The predicted molar refractivity (Wildman–Crippen MR) is 99.1 cm³/mol. The maximum Gasteiger partial charge on any atom is 0.223 e. The Balaban J connectivity index is 1.52. The molecule has 0 spiro atoms. The molecular weight excluding hydrogens is 315 g/mol. The number of anilines is 1. The first-order valence-electron chi connectivity index (χ1n) is 8.90. The second-order valence-corrected chi connectivity index (χ2v) is 6.88. The fourth-order valence-corrected chi connectivity index (χ4v) is 3.32. The van der Waals surface area contributed by atoms with Crippen molar-refractivity contribution in [2.75, 3.05) is 18.0 Å². The molecule has 2 aromatic carbocycles. The molecule has 1 heterocycles. The van der Waals surface area contributed by atoms with Gasteiger partial charge in [0.15, 0.2) is 0 Å². The minimum Gasteiger partial charge on any atom is -0.371 e. The zero-order chi connectivity index (χ0) is 17.8. The summed E-state index contributed by atoms with van der Waals surface area (Å²) in [6.45, 7) is 5.81. The average molecular weight is 340 g/mol. The third-order valence-corrected chi connectivity index (χ3v) is 4.99. The van der Waals surface area contributed by atoms with E-state index in [9.17, 15) is 9.18 Å². The number of aryl methyl sites for hydroxylation is 1. The first-order chi connectivity index (χ1) is 12.0. The molecule has 132 valence electrons. The quantitative estimate of drug-likeness (QED) is 0.903. The van der Waals surface area contributed by atoms with Gasteiger partial charge in [-0.25, -0.2) is 4.39 Å². The van der Waals surface area contributed by atoms with Crippen molar-refractivity contribution in [2.45, 2.75) is 32.7 Å². The Bertz CT molecular complexity index is 704. The number of amides is 1. The Morgan fingerprint density at radius 2 is 1.68 bits per heavy atom. The van der Waals surface area contributed by atoms with E-state index in [1.807, 2.05) is 6.92 Å². The predicted octanol–water partition coefficient (Wildman–Crippen LogP) is 4.23. The fourth-order valence-electron chi connectivity index (χ4n) is 3.32. The summed E-state index contributed by atoms with van der Waals surface area (Å²) in [6.07, 6.45) is 1.71. The number of hydrogen-bond acceptors (Lipinski definition) is 2. The lowest BCUT2D eigenvalue weighted by Gasteiger charge is -2.33. The van der Waals surface area contributed by atoms with Gasteiger partial charge in [0.2, 0.25) is 5.91 Å². The molecule has 1 aliphatic rings. The van der Waals surface area contributed by atoms with E-state index in [1.54, 1.807) is 12.1 Å². The van der Waals surface area contributed by atoms with Crippen molar-refractivity contribution in [3.05, 3.63) is 65.5 Å². The Kier molecular flexibility index (Phi) is 5.37. The van der Waals surface area contributed by atoms with E-state index in [-0.39, 0.29) is 23.7 Å². The Hall–Kier alpha value is -2.36. The number of nitrogens with zero attached hydrogens (tertiary/aromatic N) is 1. The first-order valence-corrected chi connectivity index (χ1v) is 8.90. The molecule has 0 aromatic heterocycles. The molecule has 4 heteroatoms. The highest BCUT2D eigenvalue weighted by Crippen LogP contribution is 2.24. The molecule has 1 fully saturated rings. The molecule has 0 unspecified atom stereocenters. The summed E-state index contributed by atoms with van der Waals surface area (Å²) in [5.41, 5.74) is 3.41. The van der Waals surface area contributed by atoms with Crippen molar-refractivity contribution in [1.29, 1.82) is 0 Å². The maximum absolute atomic E-state index is 13.0. The monoisotopic (exact) mass is 340 g/mol. The molecule has 25 heavy (non-hydrogen) atoms. The number of carbonyl (C=O) groups is 1. The number of halogens is 1. The molecule has 0 aliphatic carbocycles. The summed E-state index contributed by atoms with van der Waals surface area (Å²) in [7, 11) is 0. The van der Waals surface area contributed by atoms with Gasteiger partial charge in [0.1, 0.15) is 5.82 Å². The van der Waals surface area contributed by atoms with Gasteiger partial charge in [-0.05, 0) is 56.5 Å². The minimum absolute atomic E-state index is 0.0459. The minimum atomic E-state index is -0.259. The van der Waals surface area contributed by atoms with Gasteiger partial charge in [0.05, 0.1) is 6.04 Å². The van der Waals surface area contributed by atoms with Crippen LogP contribution in [-0.4, -0.2) is 19.0 Å². The Labute approximate surface area is 148 Å². The summed E-state index contributed by atoms with van der Waals surface area (Å²) in [6, 6.07) is 14.7. The van der Waals surface area contributed by atoms with Gasteiger partial charge in [0.25, 0.3) is 0 Å². The fraction of sp³-hybridized carbons (Fsp3) is 0.381. The smallest absolute Gasteiger partial charge is 0.223 e. The largest absolute Gasteiger partial charge is 0.371 e. The van der Waals surface area contributed by atoms with Gasteiger partial charge in [0, 0.05) is 24.7 Å². The van der Waals surface area contributed by atoms with Gasteiger partial charge >= 0.3 is 0 Å². The number of piperidine rings is 1. The van der Waals surface area contributed by atoms with Crippen molar-refractivity contribution >= 4 is 11.6 Å². The van der Waals surface area contributed by atoms with Gasteiger partial charge < -0.3 is 10.2 Å². The normalized spacial score (nSPS) is 16.5. The molecule has 3 nitrogen and oxygen atoms in total. The zero-order valence-corrected chi connectivity index (χ0v) is 14.8. The topological polar surface area (TPSA) is 32.3 Å². The van der Waals surface area contributed by atoms with E-state index in [0.717, 1.165) is 31.5 Å². The van der Waals surface area contributed by atoms with Crippen molar-refractivity contribution in [3.8, 4) is 0 Å². The van der Waals surface area contributed by atoms with Crippen molar-refractivity contribution in [2.24, 2.45) is 5.92 Å². The molecule has 1 aliphatic heterocycles.